The highest BCUT2D eigenvalue weighted by Gasteiger charge is 2.31. The predicted octanol–water partition coefficient (Wildman–Crippen LogP) is 4.12. The fourth-order valence-electron chi connectivity index (χ4n) is 5.48. The average Bonchev–Trinajstić information content (AvgIpc) is 3.54. The van der Waals surface area contributed by atoms with Crippen molar-refractivity contribution in [3.63, 3.8) is 0 Å². The Balaban J connectivity index is 1.51. The van der Waals surface area contributed by atoms with E-state index in [0.29, 0.717) is 23.4 Å². The topological polar surface area (TPSA) is 104 Å². The number of hydrogen-bond acceptors (Lipinski definition) is 6. The van der Waals surface area contributed by atoms with Crippen LogP contribution in [0.25, 0.3) is 22.1 Å². The third-order valence-corrected chi connectivity index (χ3v) is 8.81. The van der Waals surface area contributed by atoms with Crippen molar-refractivity contribution in [2.24, 2.45) is 0 Å². The van der Waals surface area contributed by atoms with Crippen LogP contribution in [0.15, 0.2) is 82.8 Å². The van der Waals surface area contributed by atoms with Gasteiger partial charge in [-0.25, -0.2) is 18.4 Å². The van der Waals surface area contributed by atoms with Gasteiger partial charge in [-0.1, -0.05) is 48.5 Å². The van der Waals surface area contributed by atoms with Gasteiger partial charge in [0.15, 0.2) is 5.03 Å². The van der Waals surface area contributed by atoms with Gasteiger partial charge in [0.2, 0.25) is 9.84 Å². The van der Waals surface area contributed by atoms with Gasteiger partial charge in [0.05, 0.1) is 17.0 Å². The van der Waals surface area contributed by atoms with Crippen molar-refractivity contribution >= 4 is 31.9 Å². The van der Waals surface area contributed by atoms with Crippen molar-refractivity contribution in [1.82, 2.24) is 24.4 Å². The number of piperidine rings is 1. The Kier molecular flexibility index (Phi) is 6.27. The standard InChI is InChI=1S/C28H29N5O3S/c34-17-14-24-30-25-26(33(24)21-10-7-16-32(19-21)18-20-8-3-1-4-9-20)23-13-15-29-27(23)31-28(25)37(35,36)22-11-5-2-6-12-22/h1-6,8-9,11-13,15,21,34H,7,10,14,16-19H2,(H,29,31). The zero-order valence-corrected chi connectivity index (χ0v) is 21.2. The van der Waals surface area contributed by atoms with E-state index in [4.69, 9.17) is 4.98 Å². The first kappa shape index (κ1) is 23.8. The molecule has 1 aliphatic rings. The van der Waals surface area contributed by atoms with Crippen LogP contribution in [0, 0.1) is 0 Å². The summed E-state index contributed by atoms with van der Waals surface area (Å²) in [5, 5.41) is 10.7. The van der Waals surface area contributed by atoms with Crippen molar-refractivity contribution in [2.75, 3.05) is 19.7 Å². The maximum absolute atomic E-state index is 13.7. The van der Waals surface area contributed by atoms with Crippen LogP contribution in [0.4, 0.5) is 0 Å². The minimum atomic E-state index is -3.92. The number of pyridine rings is 1. The first-order chi connectivity index (χ1) is 18.1. The van der Waals surface area contributed by atoms with E-state index in [1.165, 1.54) is 5.56 Å². The third-order valence-electron chi connectivity index (χ3n) is 7.12. The van der Waals surface area contributed by atoms with E-state index in [0.717, 1.165) is 43.4 Å². The molecule has 0 radical (unpaired) electrons. The molecule has 0 spiro atoms. The average molecular weight is 516 g/mol. The Hall–Kier alpha value is -3.53. The number of aliphatic hydroxyl groups is 1. The molecule has 4 heterocycles. The molecule has 1 fully saturated rings. The summed E-state index contributed by atoms with van der Waals surface area (Å²) in [6.07, 6.45) is 4.08. The fraction of sp³-hybridized carbons (Fsp3) is 0.286. The molecule has 1 saturated heterocycles. The number of nitrogens with one attached hydrogen (secondary N) is 1. The first-order valence-electron chi connectivity index (χ1n) is 12.6. The Morgan fingerprint density at radius 3 is 2.51 bits per heavy atom. The number of benzene rings is 2. The second-order valence-electron chi connectivity index (χ2n) is 9.56. The highest BCUT2D eigenvalue weighted by atomic mass is 32.2. The molecule has 5 aromatic rings. The number of hydrogen-bond donors (Lipinski definition) is 2. The highest BCUT2D eigenvalue weighted by molar-refractivity contribution is 7.91. The molecule has 1 atom stereocenters. The number of H-pyrrole nitrogens is 1. The molecule has 6 rings (SSSR count). The number of aromatic amines is 1. The molecular formula is C28H29N5O3S. The van der Waals surface area contributed by atoms with Gasteiger partial charge >= 0.3 is 0 Å². The van der Waals surface area contributed by atoms with Gasteiger partial charge in [0.25, 0.3) is 0 Å². The number of aromatic nitrogens is 4. The molecule has 8 nitrogen and oxygen atoms in total. The molecular weight excluding hydrogens is 486 g/mol. The molecule has 0 saturated carbocycles. The van der Waals surface area contributed by atoms with Gasteiger partial charge in [-0.3, -0.25) is 4.90 Å². The maximum atomic E-state index is 13.7. The van der Waals surface area contributed by atoms with Gasteiger partial charge in [-0.2, -0.15) is 0 Å². The monoisotopic (exact) mass is 515 g/mol. The Labute approximate surface area is 215 Å². The molecule has 9 heteroatoms. The Morgan fingerprint density at radius 2 is 1.76 bits per heavy atom. The van der Waals surface area contributed by atoms with Crippen molar-refractivity contribution < 1.29 is 13.5 Å². The minimum absolute atomic E-state index is 0.0569. The summed E-state index contributed by atoms with van der Waals surface area (Å²) in [4.78, 5) is 15.1. The zero-order valence-electron chi connectivity index (χ0n) is 20.4. The summed E-state index contributed by atoms with van der Waals surface area (Å²) >= 11 is 0. The summed E-state index contributed by atoms with van der Waals surface area (Å²) < 4.78 is 29.7. The van der Waals surface area contributed by atoms with E-state index in [-0.39, 0.29) is 22.6 Å². The molecule has 0 aliphatic carbocycles. The van der Waals surface area contributed by atoms with E-state index in [1.807, 2.05) is 12.1 Å². The lowest BCUT2D eigenvalue weighted by Crippen LogP contribution is -2.36. The van der Waals surface area contributed by atoms with Crippen molar-refractivity contribution in [1.29, 1.82) is 0 Å². The van der Waals surface area contributed by atoms with Crippen LogP contribution in [0.2, 0.25) is 0 Å². The molecule has 0 bridgehead atoms. The van der Waals surface area contributed by atoms with Crippen LogP contribution in [0.1, 0.15) is 30.3 Å². The number of rotatable bonds is 7. The number of likely N-dealkylation sites (tertiary alicyclic amines) is 1. The van der Waals surface area contributed by atoms with Crippen molar-refractivity contribution in [3.8, 4) is 0 Å². The van der Waals surface area contributed by atoms with Crippen LogP contribution < -0.4 is 0 Å². The molecule has 37 heavy (non-hydrogen) atoms. The van der Waals surface area contributed by atoms with Gasteiger partial charge in [0, 0.05) is 37.1 Å². The molecule has 190 valence electrons. The fourth-order valence-corrected chi connectivity index (χ4v) is 6.83. The number of aliphatic hydroxyl groups excluding tert-OH is 1. The largest absolute Gasteiger partial charge is 0.396 e. The zero-order chi connectivity index (χ0) is 25.4. The van der Waals surface area contributed by atoms with Crippen LogP contribution in [0.3, 0.4) is 0 Å². The van der Waals surface area contributed by atoms with Gasteiger partial charge < -0.3 is 14.7 Å². The molecule has 0 amide bonds. The molecule has 1 aliphatic heterocycles. The normalized spacial score (nSPS) is 17.1. The Bertz CT molecular complexity index is 1650. The lowest BCUT2D eigenvalue weighted by Gasteiger charge is -2.34. The Morgan fingerprint density at radius 1 is 1.00 bits per heavy atom. The summed E-state index contributed by atoms with van der Waals surface area (Å²) in [5.74, 6) is 0.684. The van der Waals surface area contributed by atoms with Crippen molar-refractivity contribution in [3.05, 3.63) is 84.3 Å². The van der Waals surface area contributed by atoms with Gasteiger partial charge in [-0.05, 0) is 43.1 Å². The van der Waals surface area contributed by atoms with E-state index >= 15 is 0 Å². The summed E-state index contributed by atoms with van der Waals surface area (Å²) in [6.45, 7) is 2.60. The quantitative estimate of drug-likeness (QED) is 0.338. The van der Waals surface area contributed by atoms with E-state index in [2.05, 4.69) is 43.7 Å². The number of nitrogens with zero attached hydrogens (tertiary/aromatic N) is 4. The van der Waals surface area contributed by atoms with E-state index in [1.54, 1.807) is 36.5 Å². The molecule has 1 unspecified atom stereocenters. The van der Waals surface area contributed by atoms with Crippen molar-refractivity contribution in [2.45, 2.75) is 41.8 Å². The van der Waals surface area contributed by atoms with Crippen LogP contribution in [-0.2, 0) is 22.8 Å². The highest BCUT2D eigenvalue weighted by Crippen LogP contribution is 2.36. The SMILES string of the molecule is O=S(=O)(c1ccccc1)c1nc2[nH]ccc2c2c1nc(CCO)n2C1CCCN(Cc2ccccc2)C1. The predicted molar refractivity (Wildman–Crippen MR) is 142 cm³/mol. The third kappa shape index (κ3) is 4.33. The van der Waals surface area contributed by atoms with Crippen LogP contribution in [-0.4, -0.2) is 57.6 Å². The first-order valence-corrected chi connectivity index (χ1v) is 14.1. The minimum Gasteiger partial charge on any atom is -0.396 e. The second-order valence-corrected chi connectivity index (χ2v) is 11.4. The van der Waals surface area contributed by atoms with E-state index in [9.17, 15) is 13.5 Å². The summed E-state index contributed by atoms with van der Waals surface area (Å²) in [5.41, 5.74) is 2.90. The van der Waals surface area contributed by atoms with E-state index < -0.39 is 9.84 Å². The molecule has 3 aromatic heterocycles. The summed E-state index contributed by atoms with van der Waals surface area (Å²) in [7, 11) is -3.92. The van der Waals surface area contributed by atoms with Gasteiger partial charge in [-0.15, -0.1) is 0 Å². The smallest absolute Gasteiger partial charge is 0.226 e. The van der Waals surface area contributed by atoms with Crippen LogP contribution >= 0.6 is 0 Å². The van der Waals surface area contributed by atoms with Crippen LogP contribution in [0.5, 0.6) is 0 Å². The molecule has 2 aromatic carbocycles. The lowest BCUT2D eigenvalue weighted by atomic mass is 10.0. The molecule has 2 N–H and O–H groups in total. The second kappa shape index (κ2) is 9.74. The lowest BCUT2D eigenvalue weighted by molar-refractivity contribution is 0.169. The number of fused-ring (bicyclic) bond motifs is 3. The maximum Gasteiger partial charge on any atom is 0.226 e. The van der Waals surface area contributed by atoms with Gasteiger partial charge in [0.1, 0.15) is 17.0 Å². The summed E-state index contributed by atoms with van der Waals surface area (Å²) in [6, 6.07) is 20.8. The number of imidazole rings is 1. The number of sulfone groups is 1.